The largest absolute Gasteiger partial charge is 0.371 e. The van der Waals surface area contributed by atoms with Crippen LogP contribution in [0.1, 0.15) is 25.0 Å². The number of anilines is 1. The van der Waals surface area contributed by atoms with E-state index in [1.165, 1.54) is 36.3 Å². The van der Waals surface area contributed by atoms with Gasteiger partial charge in [0, 0.05) is 18.8 Å². The van der Waals surface area contributed by atoms with Crippen molar-refractivity contribution in [3.63, 3.8) is 0 Å². The summed E-state index contributed by atoms with van der Waals surface area (Å²) >= 11 is 0. The van der Waals surface area contributed by atoms with Crippen LogP contribution in [0.15, 0.2) is 24.8 Å². The maximum Gasteiger partial charge on any atom is 0.0400 e. The van der Waals surface area contributed by atoms with Crippen molar-refractivity contribution in [3.05, 3.63) is 35.9 Å². The van der Waals surface area contributed by atoms with Gasteiger partial charge in [0.1, 0.15) is 0 Å². The van der Waals surface area contributed by atoms with Crippen molar-refractivity contribution in [1.82, 2.24) is 0 Å². The first-order valence-corrected chi connectivity index (χ1v) is 5.71. The van der Waals surface area contributed by atoms with Gasteiger partial charge in [-0.25, -0.2) is 0 Å². The molecule has 2 rings (SSSR count). The highest BCUT2D eigenvalue weighted by molar-refractivity contribution is 5.63. The van der Waals surface area contributed by atoms with Gasteiger partial charge in [0.25, 0.3) is 0 Å². The first-order valence-electron chi connectivity index (χ1n) is 5.71. The van der Waals surface area contributed by atoms with Crippen molar-refractivity contribution >= 4 is 11.8 Å². The standard InChI is InChI=1S/C14H19N/c1-4-12-5-6-14-13(9-12)7-8-15(14)10-11(2)3/h4-6,9,11H,1,7-8,10H2,2-3H3. The first-order chi connectivity index (χ1) is 7.20. The average Bonchev–Trinajstić information content (AvgIpc) is 2.60. The normalized spacial score (nSPS) is 14.5. The van der Waals surface area contributed by atoms with Gasteiger partial charge in [0.2, 0.25) is 0 Å². The summed E-state index contributed by atoms with van der Waals surface area (Å²) in [7, 11) is 0. The van der Waals surface area contributed by atoms with E-state index in [0.29, 0.717) is 0 Å². The SMILES string of the molecule is C=Cc1ccc2c(c1)CCN2CC(C)C. The fourth-order valence-corrected chi connectivity index (χ4v) is 2.25. The molecule has 1 aromatic carbocycles. The Labute approximate surface area is 92.4 Å². The smallest absolute Gasteiger partial charge is 0.0400 e. The summed E-state index contributed by atoms with van der Waals surface area (Å²) in [5.74, 6) is 0.732. The summed E-state index contributed by atoms with van der Waals surface area (Å²) in [5, 5.41) is 0. The van der Waals surface area contributed by atoms with Crippen molar-refractivity contribution < 1.29 is 0 Å². The van der Waals surface area contributed by atoms with E-state index in [2.05, 4.69) is 43.5 Å². The lowest BCUT2D eigenvalue weighted by atomic mass is 10.1. The Hall–Kier alpha value is -1.24. The molecule has 0 unspecified atom stereocenters. The van der Waals surface area contributed by atoms with Crippen molar-refractivity contribution in [2.75, 3.05) is 18.0 Å². The second-order valence-corrected chi connectivity index (χ2v) is 4.68. The second-order valence-electron chi connectivity index (χ2n) is 4.68. The molecule has 0 N–H and O–H groups in total. The lowest BCUT2D eigenvalue weighted by molar-refractivity contribution is 0.622. The van der Waals surface area contributed by atoms with E-state index in [1.54, 1.807) is 0 Å². The van der Waals surface area contributed by atoms with E-state index < -0.39 is 0 Å². The monoisotopic (exact) mass is 201 g/mol. The van der Waals surface area contributed by atoms with Gasteiger partial charge in [-0.15, -0.1) is 0 Å². The van der Waals surface area contributed by atoms with E-state index in [0.717, 1.165) is 5.92 Å². The van der Waals surface area contributed by atoms with Gasteiger partial charge in [0.05, 0.1) is 0 Å². The molecule has 0 amide bonds. The molecule has 1 aromatic rings. The Morgan fingerprint density at radius 3 is 2.93 bits per heavy atom. The molecule has 0 saturated heterocycles. The van der Waals surface area contributed by atoms with E-state index >= 15 is 0 Å². The average molecular weight is 201 g/mol. The zero-order chi connectivity index (χ0) is 10.8. The molecule has 0 bridgehead atoms. The summed E-state index contributed by atoms with van der Waals surface area (Å²) in [4.78, 5) is 2.49. The molecule has 1 heteroatoms. The Bertz CT molecular complexity index is 366. The van der Waals surface area contributed by atoms with E-state index in [9.17, 15) is 0 Å². The fraction of sp³-hybridized carbons (Fsp3) is 0.429. The molecule has 0 fully saturated rings. The number of nitrogens with zero attached hydrogens (tertiary/aromatic N) is 1. The molecule has 0 spiro atoms. The van der Waals surface area contributed by atoms with Crippen molar-refractivity contribution in [2.24, 2.45) is 5.92 Å². The zero-order valence-corrected chi connectivity index (χ0v) is 9.66. The summed E-state index contributed by atoms with van der Waals surface area (Å²) < 4.78 is 0. The van der Waals surface area contributed by atoms with Gasteiger partial charge >= 0.3 is 0 Å². The highest BCUT2D eigenvalue weighted by atomic mass is 15.1. The first kappa shape index (κ1) is 10.3. The van der Waals surface area contributed by atoms with Gasteiger partial charge in [-0.05, 0) is 35.6 Å². The van der Waals surface area contributed by atoms with Crippen molar-refractivity contribution in [1.29, 1.82) is 0 Å². The second kappa shape index (κ2) is 4.09. The third kappa shape index (κ3) is 2.06. The molecular formula is C14H19N. The van der Waals surface area contributed by atoms with E-state index in [4.69, 9.17) is 0 Å². The van der Waals surface area contributed by atoms with Crippen LogP contribution in [-0.4, -0.2) is 13.1 Å². The molecular weight excluding hydrogens is 182 g/mol. The van der Waals surface area contributed by atoms with Crippen LogP contribution in [0.2, 0.25) is 0 Å². The molecule has 0 aliphatic carbocycles. The molecule has 0 radical (unpaired) electrons. The molecule has 0 saturated carbocycles. The van der Waals surface area contributed by atoms with Gasteiger partial charge in [-0.3, -0.25) is 0 Å². The molecule has 80 valence electrons. The minimum atomic E-state index is 0.732. The highest BCUT2D eigenvalue weighted by Gasteiger charge is 2.19. The molecule has 1 aliphatic rings. The quantitative estimate of drug-likeness (QED) is 0.725. The number of hydrogen-bond acceptors (Lipinski definition) is 1. The maximum absolute atomic E-state index is 3.81. The van der Waals surface area contributed by atoms with Crippen LogP contribution in [0.25, 0.3) is 6.08 Å². The van der Waals surface area contributed by atoms with Gasteiger partial charge in [-0.2, -0.15) is 0 Å². The fourth-order valence-electron chi connectivity index (χ4n) is 2.25. The Morgan fingerprint density at radius 1 is 1.47 bits per heavy atom. The predicted octanol–water partition coefficient (Wildman–Crippen LogP) is 3.35. The molecule has 1 aliphatic heterocycles. The molecule has 0 aromatic heterocycles. The molecule has 1 heterocycles. The summed E-state index contributed by atoms with van der Waals surface area (Å²) in [5.41, 5.74) is 4.14. The van der Waals surface area contributed by atoms with E-state index in [-0.39, 0.29) is 0 Å². The molecule has 1 nitrogen and oxygen atoms in total. The predicted molar refractivity (Wildman–Crippen MR) is 67.3 cm³/mol. The van der Waals surface area contributed by atoms with Gasteiger partial charge < -0.3 is 4.90 Å². The van der Waals surface area contributed by atoms with Gasteiger partial charge in [-0.1, -0.05) is 32.6 Å². The van der Waals surface area contributed by atoms with Crippen LogP contribution in [-0.2, 0) is 6.42 Å². The lowest BCUT2D eigenvalue weighted by Crippen LogP contribution is -2.25. The van der Waals surface area contributed by atoms with Crippen LogP contribution in [0.5, 0.6) is 0 Å². The minimum Gasteiger partial charge on any atom is -0.371 e. The highest BCUT2D eigenvalue weighted by Crippen LogP contribution is 2.29. The van der Waals surface area contributed by atoms with Crippen LogP contribution in [0.4, 0.5) is 5.69 Å². The molecule has 0 atom stereocenters. The van der Waals surface area contributed by atoms with Crippen LogP contribution in [0.3, 0.4) is 0 Å². The Balaban J connectivity index is 2.24. The Kier molecular flexibility index (Phi) is 2.81. The van der Waals surface area contributed by atoms with E-state index in [1.807, 2.05) is 6.08 Å². The third-order valence-corrected chi connectivity index (χ3v) is 2.92. The van der Waals surface area contributed by atoms with Crippen LogP contribution in [0, 0.1) is 5.92 Å². The number of fused-ring (bicyclic) bond motifs is 1. The van der Waals surface area contributed by atoms with Crippen molar-refractivity contribution in [3.8, 4) is 0 Å². The Morgan fingerprint density at radius 2 is 2.27 bits per heavy atom. The minimum absolute atomic E-state index is 0.732. The third-order valence-electron chi connectivity index (χ3n) is 2.92. The topological polar surface area (TPSA) is 3.24 Å². The summed E-state index contributed by atoms with van der Waals surface area (Å²) in [6, 6.07) is 6.66. The summed E-state index contributed by atoms with van der Waals surface area (Å²) in [6.45, 7) is 10.7. The summed E-state index contributed by atoms with van der Waals surface area (Å²) in [6.07, 6.45) is 3.11. The lowest BCUT2D eigenvalue weighted by Gasteiger charge is -2.21. The molecule has 15 heavy (non-hydrogen) atoms. The number of rotatable bonds is 3. The van der Waals surface area contributed by atoms with Crippen LogP contribution < -0.4 is 4.90 Å². The number of hydrogen-bond donors (Lipinski definition) is 0. The zero-order valence-electron chi connectivity index (χ0n) is 9.66. The maximum atomic E-state index is 3.81. The van der Waals surface area contributed by atoms with Crippen molar-refractivity contribution in [2.45, 2.75) is 20.3 Å². The van der Waals surface area contributed by atoms with Crippen LogP contribution >= 0.6 is 0 Å². The van der Waals surface area contributed by atoms with Gasteiger partial charge in [0.15, 0.2) is 0 Å². The number of benzene rings is 1.